The molecular weight excluding hydrogens is 389 g/mol. The molecule has 0 atom stereocenters. The standard InChI is InChI=1S/C13H14IN3O2S/c1-17(2)9-4-5-15-13(19-3)11(9)16-12(18)8-6-10(14)20-7-8/h4-7H,1-3H3,(H,16,18). The van der Waals surface area contributed by atoms with E-state index in [9.17, 15) is 4.79 Å². The predicted molar refractivity (Wildman–Crippen MR) is 90.1 cm³/mol. The fraction of sp³-hybridized carbons (Fsp3) is 0.231. The van der Waals surface area contributed by atoms with Gasteiger partial charge >= 0.3 is 0 Å². The van der Waals surface area contributed by atoms with Crippen LogP contribution in [0.2, 0.25) is 0 Å². The third kappa shape index (κ3) is 3.21. The highest BCUT2D eigenvalue weighted by molar-refractivity contribution is 14.1. The summed E-state index contributed by atoms with van der Waals surface area (Å²) in [6, 6.07) is 3.67. The van der Waals surface area contributed by atoms with E-state index in [2.05, 4.69) is 32.9 Å². The number of thiophene rings is 1. The molecule has 20 heavy (non-hydrogen) atoms. The SMILES string of the molecule is COc1nccc(N(C)C)c1NC(=O)c1csc(I)c1. The largest absolute Gasteiger partial charge is 0.479 e. The first kappa shape index (κ1) is 15.0. The fourth-order valence-corrected chi connectivity index (χ4v) is 3.02. The van der Waals surface area contributed by atoms with E-state index >= 15 is 0 Å². The molecule has 0 saturated heterocycles. The number of pyridine rings is 1. The van der Waals surface area contributed by atoms with Crippen LogP contribution in [0.3, 0.4) is 0 Å². The van der Waals surface area contributed by atoms with Crippen molar-refractivity contribution < 1.29 is 9.53 Å². The Morgan fingerprint density at radius 3 is 2.80 bits per heavy atom. The van der Waals surface area contributed by atoms with Crippen LogP contribution in [0, 0.1) is 2.88 Å². The van der Waals surface area contributed by atoms with Crippen LogP contribution in [0.1, 0.15) is 10.4 Å². The van der Waals surface area contributed by atoms with Gasteiger partial charge in [-0.15, -0.1) is 11.3 Å². The molecule has 0 unspecified atom stereocenters. The zero-order valence-electron chi connectivity index (χ0n) is 11.3. The Kier molecular flexibility index (Phi) is 4.81. The summed E-state index contributed by atoms with van der Waals surface area (Å²) in [5, 5.41) is 4.70. The number of hydrogen-bond donors (Lipinski definition) is 1. The topological polar surface area (TPSA) is 54.5 Å². The number of rotatable bonds is 4. The molecule has 7 heteroatoms. The van der Waals surface area contributed by atoms with Crippen LogP contribution in [-0.2, 0) is 0 Å². The third-order valence-electron chi connectivity index (χ3n) is 2.64. The summed E-state index contributed by atoms with van der Waals surface area (Å²) in [6.45, 7) is 0. The van der Waals surface area contributed by atoms with Crippen LogP contribution in [0.25, 0.3) is 0 Å². The molecule has 2 aromatic rings. The molecule has 2 rings (SSSR count). The van der Waals surface area contributed by atoms with Gasteiger partial charge in [-0.1, -0.05) is 0 Å². The molecule has 2 heterocycles. The lowest BCUT2D eigenvalue weighted by Gasteiger charge is -2.19. The van der Waals surface area contributed by atoms with Crippen LogP contribution in [0.4, 0.5) is 11.4 Å². The number of anilines is 2. The minimum atomic E-state index is -0.168. The molecule has 0 fully saturated rings. The maximum atomic E-state index is 12.3. The van der Waals surface area contributed by atoms with Crippen LogP contribution >= 0.6 is 33.9 Å². The Hall–Kier alpha value is -1.35. The smallest absolute Gasteiger partial charge is 0.256 e. The van der Waals surface area contributed by atoms with Gasteiger partial charge in [0.1, 0.15) is 5.69 Å². The summed E-state index contributed by atoms with van der Waals surface area (Å²) >= 11 is 3.72. The molecule has 0 spiro atoms. The maximum absolute atomic E-state index is 12.3. The van der Waals surface area contributed by atoms with Gasteiger partial charge in [0.2, 0.25) is 5.88 Å². The summed E-state index contributed by atoms with van der Waals surface area (Å²) < 4.78 is 6.30. The summed E-state index contributed by atoms with van der Waals surface area (Å²) in [4.78, 5) is 18.3. The van der Waals surface area contributed by atoms with Crippen molar-refractivity contribution in [2.45, 2.75) is 0 Å². The number of amides is 1. The average molecular weight is 403 g/mol. The van der Waals surface area contributed by atoms with E-state index < -0.39 is 0 Å². The summed E-state index contributed by atoms with van der Waals surface area (Å²) in [6.07, 6.45) is 1.65. The first-order chi connectivity index (χ1) is 9.52. The number of carbonyl (C=O) groups excluding carboxylic acids is 1. The summed E-state index contributed by atoms with van der Waals surface area (Å²) in [5.74, 6) is 0.230. The first-order valence-corrected chi connectivity index (χ1v) is 7.74. The van der Waals surface area contributed by atoms with Gasteiger partial charge in [-0.25, -0.2) is 4.98 Å². The van der Waals surface area contributed by atoms with E-state index in [1.807, 2.05) is 36.5 Å². The van der Waals surface area contributed by atoms with Crippen molar-refractivity contribution in [1.82, 2.24) is 4.98 Å². The van der Waals surface area contributed by atoms with Crippen molar-refractivity contribution in [2.75, 3.05) is 31.4 Å². The molecule has 1 N–H and O–H groups in total. The Bertz CT molecular complexity index is 628. The molecule has 0 radical (unpaired) electrons. The van der Waals surface area contributed by atoms with E-state index in [1.54, 1.807) is 6.20 Å². The van der Waals surface area contributed by atoms with E-state index in [-0.39, 0.29) is 5.91 Å². The molecule has 5 nitrogen and oxygen atoms in total. The van der Waals surface area contributed by atoms with Gasteiger partial charge in [-0.3, -0.25) is 4.79 Å². The number of nitrogens with zero attached hydrogens (tertiary/aromatic N) is 2. The Morgan fingerprint density at radius 1 is 1.50 bits per heavy atom. The van der Waals surface area contributed by atoms with Crippen molar-refractivity contribution in [3.8, 4) is 5.88 Å². The van der Waals surface area contributed by atoms with E-state index in [0.29, 0.717) is 17.1 Å². The molecule has 106 valence electrons. The highest BCUT2D eigenvalue weighted by Gasteiger charge is 2.16. The summed E-state index contributed by atoms with van der Waals surface area (Å²) in [5.41, 5.74) is 2.05. The summed E-state index contributed by atoms with van der Waals surface area (Å²) in [7, 11) is 5.33. The second-order valence-corrected chi connectivity index (χ2v) is 7.01. The van der Waals surface area contributed by atoms with E-state index in [0.717, 1.165) is 8.57 Å². The van der Waals surface area contributed by atoms with Gasteiger partial charge in [0.05, 0.1) is 21.2 Å². The maximum Gasteiger partial charge on any atom is 0.256 e. The van der Waals surface area contributed by atoms with Crippen molar-refractivity contribution in [1.29, 1.82) is 0 Å². The molecule has 0 aliphatic rings. The van der Waals surface area contributed by atoms with Crippen LogP contribution in [-0.4, -0.2) is 32.1 Å². The molecule has 0 aliphatic heterocycles. The lowest BCUT2D eigenvalue weighted by atomic mass is 10.2. The lowest BCUT2D eigenvalue weighted by molar-refractivity contribution is 0.102. The molecule has 0 saturated carbocycles. The van der Waals surface area contributed by atoms with Crippen molar-refractivity contribution in [2.24, 2.45) is 0 Å². The van der Waals surface area contributed by atoms with Gasteiger partial charge < -0.3 is 15.0 Å². The molecule has 1 amide bonds. The highest BCUT2D eigenvalue weighted by Crippen LogP contribution is 2.32. The van der Waals surface area contributed by atoms with Crippen molar-refractivity contribution >= 4 is 51.2 Å². The van der Waals surface area contributed by atoms with Gasteiger partial charge in [0.25, 0.3) is 5.91 Å². The molecular formula is C13H14IN3O2S. The van der Waals surface area contributed by atoms with E-state index in [4.69, 9.17) is 4.74 Å². The van der Waals surface area contributed by atoms with Crippen LogP contribution in [0.15, 0.2) is 23.7 Å². The van der Waals surface area contributed by atoms with Crippen LogP contribution < -0.4 is 15.0 Å². The minimum absolute atomic E-state index is 0.168. The van der Waals surface area contributed by atoms with Gasteiger partial charge in [0.15, 0.2) is 0 Å². The zero-order valence-corrected chi connectivity index (χ0v) is 14.3. The Labute approximate surface area is 135 Å². The molecule has 0 aliphatic carbocycles. The fourth-order valence-electron chi connectivity index (χ4n) is 1.69. The second kappa shape index (κ2) is 6.40. The van der Waals surface area contributed by atoms with E-state index in [1.165, 1.54) is 18.4 Å². The number of hydrogen-bond acceptors (Lipinski definition) is 5. The Morgan fingerprint density at radius 2 is 2.25 bits per heavy atom. The molecule has 2 aromatic heterocycles. The van der Waals surface area contributed by atoms with Crippen molar-refractivity contribution in [3.63, 3.8) is 0 Å². The monoisotopic (exact) mass is 403 g/mol. The number of carbonyl (C=O) groups is 1. The third-order valence-corrected chi connectivity index (χ3v) is 4.43. The van der Waals surface area contributed by atoms with Gasteiger partial charge in [-0.2, -0.15) is 0 Å². The quantitative estimate of drug-likeness (QED) is 0.798. The minimum Gasteiger partial charge on any atom is -0.479 e. The number of nitrogens with one attached hydrogen (secondary N) is 1. The first-order valence-electron chi connectivity index (χ1n) is 5.78. The van der Waals surface area contributed by atoms with Crippen LogP contribution in [0.5, 0.6) is 5.88 Å². The normalized spacial score (nSPS) is 10.2. The molecule has 0 bridgehead atoms. The van der Waals surface area contributed by atoms with Gasteiger partial charge in [0, 0.05) is 25.7 Å². The highest BCUT2D eigenvalue weighted by atomic mass is 127. The molecule has 0 aromatic carbocycles. The average Bonchev–Trinajstić information content (AvgIpc) is 2.85. The predicted octanol–water partition coefficient (Wildman–Crippen LogP) is 3.07. The zero-order chi connectivity index (χ0) is 14.7. The second-order valence-electron chi connectivity index (χ2n) is 4.20. The number of methoxy groups -OCH3 is 1. The number of ether oxygens (including phenoxy) is 1. The lowest BCUT2D eigenvalue weighted by Crippen LogP contribution is -2.17. The Balaban J connectivity index is 2.34. The van der Waals surface area contributed by atoms with Gasteiger partial charge in [-0.05, 0) is 34.7 Å². The van der Waals surface area contributed by atoms with Crippen molar-refractivity contribution in [3.05, 3.63) is 32.2 Å². The number of aromatic nitrogens is 1. The number of halogens is 1.